The highest BCUT2D eigenvalue weighted by Crippen LogP contribution is 2.26. The number of aromatic nitrogens is 2. The van der Waals surface area contributed by atoms with E-state index < -0.39 is 0 Å². The Morgan fingerprint density at radius 3 is 2.52 bits per heavy atom. The van der Waals surface area contributed by atoms with Crippen LogP contribution in [0.25, 0.3) is 22.4 Å². The first-order valence-corrected chi connectivity index (χ1v) is 10.8. The molecule has 0 atom stereocenters. The molecule has 1 saturated heterocycles. The van der Waals surface area contributed by atoms with Crippen LogP contribution in [0.2, 0.25) is 0 Å². The molecule has 0 saturated carbocycles. The fourth-order valence-corrected chi connectivity index (χ4v) is 4.47. The van der Waals surface area contributed by atoms with Gasteiger partial charge in [0.2, 0.25) is 5.91 Å². The third-order valence-electron chi connectivity index (χ3n) is 6.11. The summed E-state index contributed by atoms with van der Waals surface area (Å²) in [6, 6.07) is 21.7. The second-order valence-electron chi connectivity index (χ2n) is 8.06. The lowest BCUT2D eigenvalue weighted by Gasteiger charge is -2.32. The molecular weight excluding hydrogens is 390 g/mol. The number of nitrogens with zero attached hydrogens (tertiary/aromatic N) is 2. The number of carbonyl (C=O) groups excluding carboxylic acids is 1. The molecule has 2 aromatic heterocycles. The van der Waals surface area contributed by atoms with Crippen LogP contribution in [0.3, 0.4) is 0 Å². The van der Waals surface area contributed by atoms with E-state index in [1.54, 1.807) is 0 Å². The number of rotatable bonds is 5. The number of piperidine rings is 1. The molecule has 31 heavy (non-hydrogen) atoms. The normalized spacial score (nSPS) is 14.9. The first kappa shape index (κ1) is 19.4. The van der Waals surface area contributed by atoms with Crippen LogP contribution in [-0.4, -0.2) is 33.4 Å². The van der Waals surface area contributed by atoms with Crippen molar-refractivity contribution < 1.29 is 9.21 Å². The molecule has 0 spiro atoms. The van der Waals surface area contributed by atoms with Gasteiger partial charge in [0.15, 0.2) is 0 Å². The average molecular weight is 415 g/mol. The van der Waals surface area contributed by atoms with Gasteiger partial charge in [0, 0.05) is 37.5 Å². The van der Waals surface area contributed by atoms with Crippen LogP contribution in [0.1, 0.15) is 31.1 Å². The Morgan fingerprint density at radius 2 is 1.71 bits per heavy atom. The lowest BCUT2D eigenvalue weighted by molar-refractivity contribution is -0.132. The summed E-state index contributed by atoms with van der Waals surface area (Å²) >= 11 is 0. The van der Waals surface area contributed by atoms with Crippen molar-refractivity contribution in [2.24, 2.45) is 0 Å². The van der Waals surface area contributed by atoms with Crippen molar-refractivity contribution >= 4 is 16.9 Å². The predicted molar refractivity (Wildman–Crippen MR) is 120 cm³/mol. The largest absolute Gasteiger partial charge is 0.461 e. The summed E-state index contributed by atoms with van der Waals surface area (Å²) in [5.74, 6) is 1.79. The van der Waals surface area contributed by atoms with Crippen molar-refractivity contribution in [3.05, 3.63) is 83.0 Å². The van der Waals surface area contributed by atoms with Crippen molar-refractivity contribution in [2.75, 3.05) is 13.1 Å². The highest BCUT2D eigenvalue weighted by molar-refractivity contribution is 5.77. The Labute approximate surface area is 180 Å². The number of likely N-dealkylation sites (tertiary alicyclic amines) is 1. The van der Waals surface area contributed by atoms with Gasteiger partial charge in [-0.1, -0.05) is 42.5 Å². The fourth-order valence-electron chi connectivity index (χ4n) is 4.47. The molecule has 0 unspecified atom stereocenters. The topological polar surface area (TPSA) is 71.2 Å². The quantitative estimate of drug-likeness (QED) is 0.526. The summed E-state index contributed by atoms with van der Waals surface area (Å²) in [5.41, 5.74) is 2.76. The van der Waals surface area contributed by atoms with Crippen LogP contribution < -0.4 is 5.69 Å². The van der Waals surface area contributed by atoms with Gasteiger partial charge < -0.3 is 14.3 Å². The van der Waals surface area contributed by atoms with Gasteiger partial charge in [-0.3, -0.25) is 9.36 Å². The molecule has 0 bridgehead atoms. The Hall–Kier alpha value is -3.54. The van der Waals surface area contributed by atoms with Gasteiger partial charge in [0.25, 0.3) is 0 Å². The number of para-hydroxylation sites is 2. The summed E-state index contributed by atoms with van der Waals surface area (Å²) in [7, 11) is 0. The van der Waals surface area contributed by atoms with Crippen molar-refractivity contribution in [3.8, 4) is 11.3 Å². The Kier molecular flexibility index (Phi) is 5.20. The van der Waals surface area contributed by atoms with Gasteiger partial charge in [-0.15, -0.1) is 0 Å². The van der Waals surface area contributed by atoms with Gasteiger partial charge in [-0.05, 0) is 37.1 Å². The monoisotopic (exact) mass is 415 g/mol. The number of hydrogen-bond donors (Lipinski definition) is 1. The number of aryl methyl sites for hydroxylation is 1. The maximum Gasteiger partial charge on any atom is 0.326 e. The van der Waals surface area contributed by atoms with E-state index in [1.165, 1.54) is 0 Å². The standard InChI is InChI=1S/C25H25N3O3/c29-24(13-11-20-10-12-23(31-20)18-6-2-1-3-7-18)27-16-14-19(15-17-27)28-22-9-5-4-8-21(22)26-25(28)30/h1-10,12,19H,11,13-17H2,(H,26,30). The number of hydrogen-bond acceptors (Lipinski definition) is 3. The van der Waals surface area contributed by atoms with Gasteiger partial charge >= 0.3 is 5.69 Å². The van der Waals surface area contributed by atoms with E-state index in [0.717, 1.165) is 41.0 Å². The SMILES string of the molecule is O=C(CCc1ccc(-c2ccccc2)o1)N1CCC(n2c(=O)[nH]c3ccccc32)CC1. The number of H-pyrrole nitrogens is 1. The van der Waals surface area contributed by atoms with E-state index in [1.807, 2.05) is 76.2 Å². The molecule has 5 rings (SSSR count). The van der Waals surface area contributed by atoms with E-state index in [4.69, 9.17) is 4.42 Å². The van der Waals surface area contributed by atoms with E-state index in [0.29, 0.717) is 25.9 Å². The fraction of sp³-hybridized carbons (Fsp3) is 0.280. The summed E-state index contributed by atoms with van der Waals surface area (Å²) in [6.45, 7) is 1.34. The molecule has 1 amide bonds. The molecule has 6 nitrogen and oxygen atoms in total. The van der Waals surface area contributed by atoms with Crippen LogP contribution in [0.15, 0.2) is 75.9 Å². The van der Waals surface area contributed by atoms with E-state index >= 15 is 0 Å². The second-order valence-corrected chi connectivity index (χ2v) is 8.06. The number of imidazole rings is 1. The zero-order chi connectivity index (χ0) is 21.2. The molecule has 6 heteroatoms. The van der Waals surface area contributed by atoms with Crippen molar-refractivity contribution in [2.45, 2.75) is 31.7 Å². The third kappa shape index (κ3) is 3.93. The van der Waals surface area contributed by atoms with Gasteiger partial charge in [0.05, 0.1) is 11.0 Å². The maximum atomic E-state index is 12.7. The zero-order valence-corrected chi connectivity index (χ0v) is 17.3. The number of nitrogens with one attached hydrogen (secondary N) is 1. The summed E-state index contributed by atoms with van der Waals surface area (Å²) in [5, 5.41) is 0. The summed E-state index contributed by atoms with van der Waals surface area (Å²) < 4.78 is 7.77. The molecule has 1 aliphatic rings. The summed E-state index contributed by atoms with van der Waals surface area (Å²) in [6.07, 6.45) is 2.59. The van der Waals surface area contributed by atoms with Crippen LogP contribution in [-0.2, 0) is 11.2 Å². The van der Waals surface area contributed by atoms with Gasteiger partial charge in [-0.2, -0.15) is 0 Å². The molecular formula is C25H25N3O3. The van der Waals surface area contributed by atoms with Crippen LogP contribution in [0, 0.1) is 0 Å². The minimum Gasteiger partial charge on any atom is -0.461 e. The first-order chi connectivity index (χ1) is 15.2. The Balaban J connectivity index is 1.18. The van der Waals surface area contributed by atoms with E-state index in [-0.39, 0.29) is 17.6 Å². The molecule has 3 heterocycles. The maximum absolute atomic E-state index is 12.7. The van der Waals surface area contributed by atoms with Crippen LogP contribution in [0.4, 0.5) is 0 Å². The molecule has 158 valence electrons. The first-order valence-electron chi connectivity index (χ1n) is 10.8. The van der Waals surface area contributed by atoms with Crippen molar-refractivity contribution in [3.63, 3.8) is 0 Å². The molecule has 0 radical (unpaired) electrons. The highest BCUT2D eigenvalue weighted by Gasteiger charge is 2.26. The number of fused-ring (bicyclic) bond motifs is 1. The lowest BCUT2D eigenvalue weighted by atomic mass is 10.0. The zero-order valence-electron chi connectivity index (χ0n) is 17.3. The molecule has 1 fully saturated rings. The summed E-state index contributed by atoms with van der Waals surface area (Å²) in [4.78, 5) is 30.0. The molecule has 1 aliphatic heterocycles. The van der Waals surface area contributed by atoms with Crippen LogP contribution >= 0.6 is 0 Å². The highest BCUT2D eigenvalue weighted by atomic mass is 16.3. The number of benzene rings is 2. The number of carbonyl (C=O) groups is 1. The van der Waals surface area contributed by atoms with Crippen LogP contribution in [0.5, 0.6) is 0 Å². The third-order valence-corrected chi connectivity index (χ3v) is 6.11. The minimum atomic E-state index is -0.0713. The predicted octanol–water partition coefficient (Wildman–Crippen LogP) is 4.39. The number of furan rings is 1. The van der Waals surface area contributed by atoms with Crippen molar-refractivity contribution in [1.82, 2.24) is 14.5 Å². The Bertz CT molecular complexity index is 1240. The molecule has 0 aliphatic carbocycles. The lowest BCUT2D eigenvalue weighted by Crippen LogP contribution is -2.40. The second kappa shape index (κ2) is 8.30. The smallest absolute Gasteiger partial charge is 0.326 e. The Morgan fingerprint density at radius 1 is 0.968 bits per heavy atom. The molecule has 4 aromatic rings. The molecule has 2 aromatic carbocycles. The van der Waals surface area contributed by atoms with Gasteiger partial charge in [0.1, 0.15) is 11.5 Å². The number of amides is 1. The van der Waals surface area contributed by atoms with E-state index in [9.17, 15) is 9.59 Å². The molecule has 1 N–H and O–H groups in total. The number of aromatic amines is 1. The average Bonchev–Trinajstić information content (AvgIpc) is 3.42. The van der Waals surface area contributed by atoms with Gasteiger partial charge in [-0.25, -0.2) is 4.79 Å². The van der Waals surface area contributed by atoms with E-state index in [2.05, 4.69) is 4.98 Å². The minimum absolute atomic E-state index is 0.0713. The van der Waals surface area contributed by atoms with Crippen molar-refractivity contribution in [1.29, 1.82) is 0 Å².